The highest BCUT2D eigenvalue weighted by Gasteiger charge is 2.24. The van der Waals surface area contributed by atoms with Gasteiger partial charge < -0.3 is 10.6 Å². The summed E-state index contributed by atoms with van der Waals surface area (Å²) < 4.78 is 0. The molecule has 1 aliphatic carbocycles. The van der Waals surface area contributed by atoms with Gasteiger partial charge in [0.1, 0.15) is 5.82 Å². The van der Waals surface area contributed by atoms with E-state index >= 15 is 0 Å². The fourth-order valence-corrected chi connectivity index (χ4v) is 3.11. The van der Waals surface area contributed by atoms with Crippen molar-refractivity contribution in [3.8, 4) is 0 Å². The van der Waals surface area contributed by atoms with Gasteiger partial charge in [-0.25, -0.2) is 4.98 Å². The van der Waals surface area contributed by atoms with Gasteiger partial charge in [-0.1, -0.05) is 26.7 Å². The Balaban J connectivity index is 2.20. The molecule has 0 bridgehead atoms. The molecule has 20 heavy (non-hydrogen) atoms. The predicted molar refractivity (Wildman–Crippen MR) is 85.9 cm³/mol. The number of hydrogen-bond donors (Lipinski definition) is 1. The topological polar surface area (TPSA) is 42.1 Å². The van der Waals surface area contributed by atoms with Crippen LogP contribution in [0.2, 0.25) is 0 Å². The molecule has 3 nitrogen and oxygen atoms in total. The zero-order valence-corrected chi connectivity index (χ0v) is 13.2. The molecule has 1 aromatic rings. The zero-order chi connectivity index (χ0) is 14.5. The van der Waals surface area contributed by atoms with E-state index in [1.54, 1.807) is 0 Å². The molecule has 0 saturated heterocycles. The molecular weight excluding hydrogens is 246 g/mol. The molecule has 1 aromatic heterocycles. The first-order chi connectivity index (χ1) is 9.61. The lowest BCUT2D eigenvalue weighted by atomic mass is 10.1. The van der Waals surface area contributed by atoms with Crippen LogP contribution in [0.3, 0.4) is 0 Å². The molecule has 3 heteroatoms. The third kappa shape index (κ3) is 3.72. The minimum absolute atomic E-state index is 0.573. The maximum absolute atomic E-state index is 5.71. The molecule has 1 saturated carbocycles. The SMILES string of the molecule is Cc1cc(CN)cnc1N(CCC(C)C)C1CCCC1. The van der Waals surface area contributed by atoms with Gasteiger partial charge >= 0.3 is 0 Å². The number of rotatable bonds is 6. The number of nitrogens with zero attached hydrogens (tertiary/aromatic N) is 2. The summed E-state index contributed by atoms with van der Waals surface area (Å²) in [6.07, 6.45) is 8.54. The summed E-state index contributed by atoms with van der Waals surface area (Å²) in [7, 11) is 0. The maximum atomic E-state index is 5.71. The van der Waals surface area contributed by atoms with Crippen LogP contribution in [-0.2, 0) is 6.54 Å². The molecule has 2 rings (SSSR count). The second kappa shape index (κ2) is 7.07. The van der Waals surface area contributed by atoms with Crippen molar-refractivity contribution in [1.29, 1.82) is 0 Å². The minimum Gasteiger partial charge on any atom is -0.353 e. The lowest BCUT2D eigenvalue weighted by Crippen LogP contribution is -2.36. The van der Waals surface area contributed by atoms with Gasteiger partial charge in [0.2, 0.25) is 0 Å². The molecule has 2 N–H and O–H groups in total. The fraction of sp³-hybridized carbons (Fsp3) is 0.706. The molecule has 0 aromatic carbocycles. The number of nitrogens with two attached hydrogens (primary N) is 1. The minimum atomic E-state index is 0.573. The Morgan fingerprint density at radius 3 is 2.60 bits per heavy atom. The highest BCUT2D eigenvalue weighted by Crippen LogP contribution is 2.29. The Kier molecular flexibility index (Phi) is 5.41. The van der Waals surface area contributed by atoms with Crippen LogP contribution in [0.1, 0.15) is 57.1 Å². The summed E-state index contributed by atoms with van der Waals surface area (Å²) in [4.78, 5) is 7.28. The highest BCUT2D eigenvalue weighted by molar-refractivity contribution is 5.48. The Morgan fingerprint density at radius 2 is 2.05 bits per heavy atom. The lowest BCUT2D eigenvalue weighted by molar-refractivity contribution is 0.524. The number of pyridine rings is 1. The average Bonchev–Trinajstić information content (AvgIpc) is 2.94. The maximum Gasteiger partial charge on any atom is 0.131 e. The molecule has 0 unspecified atom stereocenters. The van der Waals surface area contributed by atoms with E-state index in [0.29, 0.717) is 12.6 Å². The molecule has 1 aliphatic rings. The van der Waals surface area contributed by atoms with E-state index in [9.17, 15) is 0 Å². The van der Waals surface area contributed by atoms with Crippen LogP contribution in [0.15, 0.2) is 12.3 Å². The van der Waals surface area contributed by atoms with E-state index < -0.39 is 0 Å². The van der Waals surface area contributed by atoms with Crippen LogP contribution in [0.25, 0.3) is 0 Å². The van der Waals surface area contributed by atoms with Gasteiger partial charge in [-0.15, -0.1) is 0 Å². The van der Waals surface area contributed by atoms with Crippen molar-refractivity contribution >= 4 is 5.82 Å². The summed E-state index contributed by atoms with van der Waals surface area (Å²) in [5, 5.41) is 0. The third-order valence-corrected chi connectivity index (χ3v) is 4.33. The molecule has 0 atom stereocenters. The van der Waals surface area contributed by atoms with Gasteiger partial charge in [0, 0.05) is 25.3 Å². The number of hydrogen-bond acceptors (Lipinski definition) is 3. The van der Waals surface area contributed by atoms with Crippen LogP contribution in [0.4, 0.5) is 5.82 Å². The third-order valence-electron chi connectivity index (χ3n) is 4.33. The van der Waals surface area contributed by atoms with Gasteiger partial charge in [0.05, 0.1) is 0 Å². The van der Waals surface area contributed by atoms with E-state index in [-0.39, 0.29) is 0 Å². The number of anilines is 1. The van der Waals surface area contributed by atoms with Crippen molar-refractivity contribution in [1.82, 2.24) is 4.98 Å². The number of aromatic nitrogens is 1. The van der Waals surface area contributed by atoms with Crippen molar-refractivity contribution in [2.24, 2.45) is 11.7 Å². The Labute approximate surface area is 123 Å². The Hall–Kier alpha value is -1.09. The highest BCUT2D eigenvalue weighted by atomic mass is 15.2. The number of aryl methyl sites for hydroxylation is 1. The molecule has 1 fully saturated rings. The molecule has 0 amide bonds. The van der Waals surface area contributed by atoms with Gasteiger partial charge in [-0.05, 0) is 49.3 Å². The summed E-state index contributed by atoms with van der Waals surface area (Å²) in [6.45, 7) is 8.45. The Bertz CT molecular complexity index is 422. The largest absolute Gasteiger partial charge is 0.353 e. The van der Waals surface area contributed by atoms with E-state index in [1.807, 2.05) is 6.20 Å². The van der Waals surface area contributed by atoms with Crippen LogP contribution in [-0.4, -0.2) is 17.6 Å². The molecule has 0 aliphatic heterocycles. The standard InChI is InChI=1S/C17H29N3/c1-13(2)8-9-20(16-6-4-5-7-16)17-14(3)10-15(11-18)12-19-17/h10,12-13,16H,4-9,11,18H2,1-3H3. The van der Waals surface area contributed by atoms with E-state index in [0.717, 1.165) is 18.0 Å². The zero-order valence-electron chi connectivity index (χ0n) is 13.2. The van der Waals surface area contributed by atoms with Gasteiger partial charge in [-0.3, -0.25) is 0 Å². The normalized spacial score (nSPS) is 16.1. The first-order valence-electron chi connectivity index (χ1n) is 8.04. The second-order valence-corrected chi connectivity index (χ2v) is 6.50. The molecule has 0 spiro atoms. The van der Waals surface area contributed by atoms with Crippen molar-refractivity contribution in [2.75, 3.05) is 11.4 Å². The van der Waals surface area contributed by atoms with Crippen molar-refractivity contribution in [3.63, 3.8) is 0 Å². The van der Waals surface area contributed by atoms with Gasteiger partial charge in [0.25, 0.3) is 0 Å². The average molecular weight is 275 g/mol. The van der Waals surface area contributed by atoms with Crippen molar-refractivity contribution in [3.05, 3.63) is 23.4 Å². The van der Waals surface area contributed by atoms with Crippen LogP contribution in [0, 0.1) is 12.8 Å². The van der Waals surface area contributed by atoms with E-state index in [1.165, 1.54) is 43.5 Å². The molecular formula is C17H29N3. The summed E-state index contributed by atoms with van der Waals surface area (Å²) in [5.41, 5.74) is 8.11. The molecule has 0 radical (unpaired) electrons. The summed E-state index contributed by atoms with van der Waals surface area (Å²) in [6, 6.07) is 2.88. The summed E-state index contributed by atoms with van der Waals surface area (Å²) in [5.74, 6) is 1.91. The summed E-state index contributed by atoms with van der Waals surface area (Å²) >= 11 is 0. The lowest BCUT2D eigenvalue weighted by Gasteiger charge is -2.32. The van der Waals surface area contributed by atoms with Crippen LogP contribution >= 0.6 is 0 Å². The predicted octanol–water partition coefficient (Wildman–Crippen LogP) is 3.64. The van der Waals surface area contributed by atoms with E-state index in [4.69, 9.17) is 10.7 Å². The Morgan fingerprint density at radius 1 is 1.35 bits per heavy atom. The van der Waals surface area contributed by atoms with E-state index in [2.05, 4.69) is 31.7 Å². The van der Waals surface area contributed by atoms with Crippen molar-refractivity contribution < 1.29 is 0 Å². The first-order valence-corrected chi connectivity index (χ1v) is 8.04. The fourth-order valence-electron chi connectivity index (χ4n) is 3.11. The quantitative estimate of drug-likeness (QED) is 0.861. The van der Waals surface area contributed by atoms with Crippen molar-refractivity contribution in [2.45, 2.75) is 65.5 Å². The first kappa shape index (κ1) is 15.3. The second-order valence-electron chi connectivity index (χ2n) is 6.50. The molecule has 1 heterocycles. The van der Waals surface area contributed by atoms with Gasteiger partial charge in [0.15, 0.2) is 0 Å². The molecule has 112 valence electrons. The monoisotopic (exact) mass is 275 g/mol. The van der Waals surface area contributed by atoms with Gasteiger partial charge in [-0.2, -0.15) is 0 Å². The van der Waals surface area contributed by atoms with Crippen LogP contribution in [0.5, 0.6) is 0 Å². The smallest absolute Gasteiger partial charge is 0.131 e. The van der Waals surface area contributed by atoms with Crippen LogP contribution < -0.4 is 10.6 Å².